The van der Waals surface area contributed by atoms with Crippen LogP contribution in [-0.4, -0.2) is 30.1 Å². The molecule has 0 saturated heterocycles. The Hall–Kier alpha value is -2.93. The minimum atomic E-state index is -0.369. The Morgan fingerprint density at radius 1 is 1.00 bits per heavy atom. The van der Waals surface area contributed by atoms with Gasteiger partial charge < -0.3 is 15.4 Å². The molecule has 0 bridgehead atoms. The van der Waals surface area contributed by atoms with E-state index in [0.29, 0.717) is 22.6 Å². The highest BCUT2D eigenvalue weighted by atomic mass is 32.1. The number of hydrogen-bond donors (Lipinski definition) is 3. The quantitative estimate of drug-likeness (QED) is 0.651. The summed E-state index contributed by atoms with van der Waals surface area (Å²) >= 11 is 5.25. The van der Waals surface area contributed by atoms with Gasteiger partial charge in [0, 0.05) is 17.3 Å². The topological polar surface area (TPSA) is 79.5 Å². The van der Waals surface area contributed by atoms with Crippen molar-refractivity contribution in [1.29, 1.82) is 0 Å². The van der Waals surface area contributed by atoms with Crippen molar-refractivity contribution in [3.63, 3.8) is 0 Å². The second-order valence-electron chi connectivity index (χ2n) is 7.00. The van der Waals surface area contributed by atoms with E-state index in [1.165, 1.54) is 13.5 Å². The molecule has 6 nitrogen and oxygen atoms in total. The second kappa shape index (κ2) is 10.0. The van der Waals surface area contributed by atoms with E-state index in [1.54, 1.807) is 48.5 Å². The molecule has 0 radical (unpaired) electrons. The van der Waals surface area contributed by atoms with E-state index in [2.05, 4.69) is 16.0 Å². The summed E-state index contributed by atoms with van der Waals surface area (Å²) in [5.74, 6) is 0.00449. The minimum absolute atomic E-state index is 0.0930. The molecule has 0 unspecified atom stereocenters. The molecule has 1 saturated carbocycles. The highest BCUT2D eigenvalue weighted by Crippen LogP contribution is 2.19. The van der Waals surface area contributed by atoms with Gasteiger partial charge in [-0.2, -0.15) is 0 Å². The van der Waals surface area contributed by atoms with Crippen LogP contribution in [0.5, 0.6) is 5.75 Å². The van der Waals surface area contributed by atoms with Crippen LogP contribution in [0.25, 0.3) is 0 Å². The zero-order valence-corrected chi connectivity index (χ0v) is 17.2. The minimum Gasteiger partial charge on any atom is -0.496 e. The Balaban J connectivity index is 1.59. The lowest BCUT2D eigenvalue weighted by atomic mass is 9.95. The van der Waals surface area contributed by atoms with Gasteiger partial charge in [0.25, 0.3) is 11.8 Å². The number of para-hydroxylation sites is 1. The van der Waals surface area contributed by atoms with Gasteiger partial charge in [-0.15, -0.1) is 0 Å². The molecule has 3 rings (SSSR count). The third-order valence-electron chi connectivity index (χ3n) is 4.90. The number of anilines is 1. The summed E-state index contributed by atoms with van der Waals surface area (Å²) in [7, 11) is 1.51. The molecule has 7 heteroatoms. The Morgan fingerprint density at radius 2 is 1.76 bits per heavy atom. The van der Waals surface area contributed by atoms with Crippen LogP contribution in [-0.2, 0) is 0 Å². The van der Waals surface area contributed by atoms with Crippen molar-refractivity contribution < 1.29 is 14.3 Å². The van der Waals surface area contributed by atoms with Gasteiger partial charge in [0.15, 0.2) is 5.11 Å². The molecule has 2 amide bonds. The average molecular weight is 412 g/mol. The molecule has 1 fully saturated rings. The fourth-order valence-corrected chi connectivity index (χ4v) is 3.63. The van der Waals surface area contributed by atoms with Crippen molar-refractivity contribution in [1.82, 2.24) is 10.6 Å². The second-order valence-corrected chi connectivity index (χ2v) is 7.41. The number of methoxy groups -OCH3 is 1. The summed E-state index contributed by atoms with van der Waals surface area (Å²) in [5.41, 5.74) is 1.57. The first-order valence-corrected chi connectivity index (χ1v) is 10.1. The molecule has 2 aromatic rings. The SMILES string of the molecule is COc1ccccc1C(=O)NC(=S)Nc1cccc(C(=O)NC2CCCCC2)c1. The van der Waals surface area contributed by atoms with Gasteiger partial charge in [-0.3, -0.25) is 14.9 Å². The lowest BCUT2D eigenvalue weighted by molar-refractivity contribution is 0.0926. The number of benzene rings is 2. The first-order chi connectivity index (χ1) is 14.1. The molecule has 2 aromatic carbocycles. The number of carbonyl (C=O) groups excluding carboxylic acids is 2. The van der Waals surface area contributed by atoms with Crippen LogP contribution in [0.15, 0.2) is 48.5 Å². The predicted molar refractivity (Wildman–Crippen MR) is 117 cm³/mol. The zero-order chi connectivity index (χ0) is 20.6. The average Bonchev–Trinajstić information content (AvgIpc) is 2.74. The Labute approximate surface area is 176 Å². The molecule has 0 aliphatic heterocycles. The van der Waals surface area contributed by atoms with Gasteiger partial charge >= 0.3 is 0 Å². The van der Waals surface area contributed by atoms with Gasteiger partial charge in [0.05, 0.1) is 12.7 Å². The number of thiocarbonyl (C=S) groups is 1. The van der Waals surface area contributed by atoms with Crippen molar-refractivity contribution in [2.75, 3.05) is 12.4 Å². The van der Waals surface area contributed by atoms with Crippen LogP contribution < -0.4 is 20.7 Å². The Kier molecular flexibility index (Phi) is 7.19. The highest BCUT2D eigenvalue weighted by Gasteiger charge is 2.17. The van der Waals surface area contributed by atoms with E-state index >= 15 is 0 Å². The normalized spacial score (nSPS) is 14.0. The number of hydrogen-bond acceptors (Lipinski definition) is 4. The maximum atomic E-state index is 12.5. The van der Waals surface area contributed by atoms with Gasteiger partial charge in [-0.05, 0) is 55.4 Å². The van der Waals surface area contributed by atoms with E-state index in [1.807, 2.05) is 0 Å². The van der Waals surface area contributed by atoms with E-state index in [4.69, 9.17) is 17.0 Å². The summed E-state index contributed by atoms with van der Waals surface area (Å²) in [4.78, 5) is 25.0. The number of rotatable bonds is 5. The monoisotopic (exact) mass is 411 g/mol. The number of nitrogens with one attached hydrogen (secondary N) is 3. The molecular weight excluding hydrogens is 386 g/mol. The van der Waals surface area contributed by atoms with Crippen molar-refractivity contribution in [3.05, 3.63) is 59.7 Å². The molecule has 0 heterocycles. The maximum Gasteiger partial charge on any atom is 0.261 e. The number of carbonyl (C=O) groups is 2. The maximum absolute atomic E-state index is 12.5. The van der Waals surface area contributed by atoms with Crippen LogP contribution in [0.2, 0.25) is 0 Å². The molecular formula is C22H25N3O3S. The molecule has 1 aliphatic carbocycles. The molecule has 152 valence electrons. The van der Waals surface area contributed by atoms with E-state index in [0.717, 1.165) is 25.7 Å². The van der Waals surface area contributed by atoms with Gasteiger partial charge in [0.2, 0.25) is 0 Å². The van der Waals surface area contributed by atoms with Crippen LogP contribution in [0, 0.1) is 0 Å². The standard InChI is InChI=1S/C22H25N3O3S/c1-28-19-13-6-5-12-18(19)21(27)25-22(29)24-17-11-7-8-15(14-17)20(26)23-16-9-3-2-4-10-16/h5-8,11-14,16H,2-4,9-10H2,1H3,(H,23,26)(H2,24,25,27,29). The van der Waals surface area contributed by atoms with Gasteiger partial charge in [-0.1, -0.05) is 37.5 Å². The summed E-state index contributed by atoms with van der Waals surface area (Å²) in [5, 5.41) is 8.84. The van der Waals surface area contributed by atoms with E-state index < -0.39 is 0 Å². The molecule has 3 N–H and O–H groups in total. The van der Waals surface area contributed by atoms with Crippen molar-refractivity contribution in [3.8, 4) is 5.75 Å². The van der Waals surface area contributed by atoms with E-state index in [-0.39, 0.29) is 23.0 Å². The molecule has 29 heavy (non-hydrogen) atoms. The Bertz CT molecular complexity index is 894. The third-order valence-corrected chi connectivity index (χ3v) is 5.11. The van der Waals surface area contributed by atoms with Crippen LogP contribution >= 0.6 is 12.2 Å². The third kappa shape index (κ3) is 5.77. The van der Waals surface area contributed by atoms with Crippen molar-refractivity contribution in [2.24, 2.45) is 0 Å². The lowest BCUT2D eigenvalue weighted by Crippen LogP contribution is -2.36. The molecule has 0 aromatic heterocycles. The van der Waals surface area contributed by atoms with Crippen molar-refractivity contribution >= 4 is 34.8 Å². The summed E-state index contributed by atoms with van der Waals surface area (Å²) < 4.78 is 5.20. The predicted octanol–water partition coefficient (Wildman–Crippen LogP) is 3.88. The molecule has 0 atom stereocenters. The fraction of sp³-hybridized carbons (Fsp3) is 0.318. The molecule has 1 aliphatic rings. The molecule has 0 spiro atoms. The largest absolute Gasteiger partial charge is 0.496 e. The zero-order valence-electron chi connectivity index (χ0n) is 16.4. The fourth-order valence-electron chi connectivity index (χ4n) is 3.42. The van der Waals surface area contributed by atoms with E-state index in [9.17, 15) is 9.59 Å². The van der Waals surface area contributed by atoms with Crippen molar-refractivity contribution in [2.45, 2.75) is 38.1 Å². The summed E-state index contributed by atoms with van der Waals surface area (Å²) in [6.07, 6.45) is 5.62. The van der Waals surface area contributed by atoms with Crippen LogP contribution in [0.1, 0.15) is 52.8 Å². The summed E-state index contributed by atoms with van der Waals surface area (Å²) in [6.45, 7) is 0. The smallest absolute Gasteiger partial charge is 0.261 e. The highest BCUT2D eigenvalue weighted by molar-refractivity contribution is 7.80. The first-order valence-electron chi connectivity index (χ1n) is 9.73. The number of ether oxygens (including phenoxy) is 1. The van der Waals surface area contributed by atoms with Gasteiger partial charge in [0.1, 0.15) is 5.75 Å². The first kappa shape index (κ1) is 20.8. The summed E-state index contributed by atoms with van der Waals surface area (Å²) in [6, 6.07) is 14.2. The van der Waals surface area contributed by atoms with Crippen LogP contribution in [0.3, 0.4) is 0 Å². The van der Waals surface area contributed by atoms with Crippen LogP contribution in [0.4, 0.5) is 5.69 Å². The Morgan fingerprint density at radius 3 is 2.52 bits per heavy atom. The lowest BCUT2D eigenvalue weighted by Gasteiger charge is -2.22. The number of amides is 2. The van der Waals surface area contributed by atoms with Gasteiger partial charge in [-0.25, -0.2) is 0 Å².